The van der Waals surface area contributed by atoms with Gasteiger partial charge in [-0.05, 0) is 65.1 Å². The van der Waals surface area contributed by atoms with Crippen LogP contribution < -0.4 is 5.32 Å². The van der Waals surface area contributed by atoms with Crippen LogP contribution >= 0.6 is 27.5 Å². The molecule has 0 amide bonds. The molecule has 0 saturated carbocycles. The van der Waals surface area contributed by atoms with Crippen molar-refractivity contribution < 1.29 is 4.39 Å². The van der Waals surface area contributed by atoms with Gasteiger partial charge in [0.15, 0.2) is 0 Å². The zero-order valence-electron chi connectivity index (χ0n) is 11.7. The van der Waals surface area contributed by atoms with Gasteiger partial charge in [0, 0.05) is 10.7 Å². The van der Waals surface area contributed by atoms with Crippen LogP contribution in [0, 0.1) is 5.82 Å². The van der Waals surface area contributed by atoms with E-state index in [1.165, 1.54) is 6.07 Å². The van der Waals surface area contributed by atoms with Crippen LogP contribution in [-0.2, 0) is 6.42 Å². The smallest absolute Gasteiger partial charge is 0.142 e. The first-order valence-corrected chi connectivity index (χ1v) is 8.06. The van der Waals surface area contributed by atoms with E-state index in [2.05, 4.69) is 33.2 Å². The number of nitrogens with one attached hydrogen (secondary N) is 1. The Morgan fingerprint density at radius 3 is 2.76 bits per heavy atom. The van der Waals surface area contributed by atoms with Crippen LogP contribution in [0.15, 0.2) is 41.0 Å². The van der Waals surface area contributed by atoms with Crippen molar-refractivity contribution in [1.29, 1.82) is 0 Å². The van der Waals surface area contributed by atoms with Crippen molar-refractivity contribution in [2.45, 2.75) is 25.8 Å². The lowest BCUT2D eigenvalue weighted by Crippen LogP contribution is -2.25. The maximum atomic E-state index is 13.6. The predicted molar refractivity (Wildman–Crippen MR) is 88.1 cm³/mol. The average Bonchev–Trinajstić information content (AvgIpc) is 2.48. The number of hydrogen-bond acceptors (Lipinski definition) is 2. The Morgan fingerprint density at radius 1 is 1.33 bits per heavy atom. The Balaban J connectivity index is 2.19. The number of aromatic nitrogens is 1. The molecular weight excluding hydrogens is 355 g/mol. The Kier molecular flexibility index (Phi) is 6.15. The zero-order valence-corrected chi connectivity index (χ0v) is 14.1. The Labute approximate surface area is 137 Å². The average molecular weight is 372 g/mol. The summed E-state index contributed by atoms with van der Waals surface area (Å²) in [5, 5.41) is 3.61. The fourth-order valence-electron chi connectivity index (χ4n) is 2.10. The van der Waals surface area contributed by atoms with Crippen molar-refractivity contribution in [2.75, 3.05) is 6.54 Å². The van der Waals surface area contributed by atoms with E-state index in [-0.39, 0.29) is 16.9 Å². The Morgan fingerprint density at radius 2 is 2.14 bits per heavy atom. The van der Waals surface area contributed by atoms with Gasteiger partial charge >= 0.3 is 0 Å². The quantitative estimate of drug-likeness (QED) is 0.779. The number of benzene rings is 1. The molecule has 0 fully saturated rings. The minimum absolute atomic E-state index is 0.0543. The summed E-state index contributed by atoms with van der Waals surface area (Å²) in [6.07, 6.45) is 3.48. The van der Waals surface area contributed by atoms with Crippen LogP contribution in [0.4, 0.5) is 4.39 Å². The highest BCUT2D eigenvalue weighted by Gasteiger charge is 2.14. The maximum absolute atomic E-state index is 13.6. The lowest BCUT2D eigenvalue weighted by Gasteiger charge is -2.18. The molecule has 0 saturated heterocycles. The molecule has 1 atom stereocenters. The molecule has 0 radical (unpaired) electrons. The summed E-state index contributed by atoms with van der Waals surface area (Å²) in [6.45, 7) is 3.00. The van der Waals surface area contributed by atoms with Gasteiger partial charge in [0.1, 0.15) is 5.82 Å². The van der Waals surface area contributed by atoms with E-state index >= 15 is 0 Å². The molecule has 0 aliphatic heterocycles. The topological polar surface area (TPSA) is 24.9 Å². The summed E-state index contributed by atoms with van der Waals surface area (Å²) in [7, 11) is 0. The molecule has 2 nitrogen and oxygen atoms in total. The van der Waals surface area contributed by atoms with Gasteiger partial charge in [0.25, 0.3) is 0 Å². The highest BCUT2D eigenvalue weighted by atomic mass is 79.9. The molecule has 0 aliphatic rings. The molecule has 0 aliphatic carbocycles. The molecule has 0 spiro atoms. The zero-order chi connectivity index (χ0) is 15.2. The molecule has 1 aromatic heterocycles. The van der Waals surface area contributed by atoms with Crippen LogP contribution in [0.2, 0.25) is 5.02 Å². The second-order valence-corrected chi connectivity index (χ2v) is 6.18. The number of pyridine rings is 1. The summed E-state index contributed by atoms with van der Waals surface area (Å²) in [5.41, 5.74) is 1.84. The van der Waals surface area contributed by atoms with Crippen molar-refractivity contribution in [3.8, 4) is 0 Å². The number of halogens is 3. The monoisotopic (exact) mass is 370 g/mol. The van der Waals surface area contributed by atoms with Crippen molar-refractivity contribution >= 4 is 27.5 Å². The van der Waals surface area contributed by atoms with E-state index in [1.807, 2.05) is 18.2 Å². The van der Waals surface area contributed by atoms with Gasteiger partial charge in [-0.1, -0.05) is 24.6 Å². The first-order chi connectivity index (χ1) is 10.1. The third kappa shape index (κ3) is 4.77. The molecule has 21 heavy (non-hydrogen) atoms. The third-order valence-corrected chi connectivity index (χ3v) is 3.95. The van der Waals surface area contributed by atoms with Gasteiger partial charge < -0.3 is 5.32 Å². The largest absolute Gasteiger partial charge is 0.308 e. The fourth-order valence-corrected chi connectivity index (χ4v) is 2.45. The molecule has 1 heterocycles. The summed E-state index contributed by atoms with van der Waals surface area (Å²) in [4.78, 5) is 4.44. The van der Waals surface area contributed by atoms with E-state index in [0.29, 0.717) is 6.42 Å². The number of nitrogens with zero attached hydrogens (tertiary/aromatic N) is 1. The van der Waals surface area contributed by atoms with Crippen LogP contribution in [0.3, 0.4) is 0 Å². The molecule has 1 N–H and O–H groups in total. The minimum Gasteiger partial charge on any atom is -0.308 e. The summed E-state index contributed by atoms with van der Waals surface area (Å²) in [6, 6.07) is 8.93. The summed E-state index contributed by atoms with van der Waals surface area (Å²) >= 11 is 9.11. The third-order valence-electron chi connectivity index (χ3n) is 3.17. The molecule has 5 heteroatoms. The van der Waals surface area contributed by atoms with Crippen molar-refractivity contribution in [2.24, 2.45) is 0 Å². The van der Waals surface area contributed by atoms with Gasteiger partial charge in [-0.2, -0.15) is 0 Å². The van der Waals surface area contributed by atoms with Crippen molar-refractivity contribution in [3.63, 3.8) is 0 Å². The van der Waals surface area contributed by atoms with E-state index in [9.17, 15) is 4.39 Å². The molecular formula is C16H17BrClFN2. The van der Waals surface area contributed by atoms with Crippen LogP contribution in [0.1, 0.15) is 30.6 Å². The highest BCUT2D eigenvalue weighted by Crippen LogP contribution is 2.21. The molecule has 2 aromatic rings. The van der Waals surface area contributed by atoms with Gasteiger partial charge in [-0.25, -0.2) is 4.39 Å². The SMILES string of the molecule is CCCNC(Cc1ccc(Cl)c(F)c1)c1ccc(Br)cn1. The molecule has 112 valence electrons. The Hall–Kier alpha value is -0.970. The minimum atomic E-state index is -0.382. The van der Waals surface area contributed by atoms with Gasteiger partial charge in [-0.3, -0.25) is 4.98 Å². The van der Waals surface area contributed by atoms with Crippen LogP contribution in [0.25, 0.3) is 0 Å². The van der Waals surface area contributed by atoms with E-state index < -0.39 is 0 Å². The highest BCUT2D eigenvalue weighted by molar-refractivity contribution is 9.10. The maximum Gasteiger partial charge on any atom is 0.142 e. The van der Waals surface area contributed by atoms with E-state index in [4.69, 9.17) is 11.6 Å². The van der Waals surface area contributed by atoms with Crippen LogP contribution in [0.5, 0.6) is 0 Å². The van der Waals surface area contributed by atoms with Crippen molar-refractivity contribution in [3.05, 3.63) is 63.1 Å². The summed E-state index contributed by atoms with van der Waals surface area (Å²) < 4.78 is 14.5. The second kappa shape index (κ2) is 7.87. The standard InChI is InChI=1S/C16H17BrClFN2/c1-2-7-20-16(15-6-4-12(17)10-21-15)9-11-3-5-13(18)14(19)8-11/h3-6,8,10,16,20H,2,7,9H2,1H3. The lowest BCUT2D eigenvalue weighted by molar-refractivity contribution is 0.516. The number of hydrogen-bond donors (Lipinski definition) is 1. The van der Waals surface area contributed by atoms with Crippen molar-refractivity contribution in [1.82, 2.24) is 10.3 Å². The van der Waals surface area contributed by atoms with Gasteiger partial charge in [0.05, 0.1) is 16.8 Å². The molecule has 2 rings (SSSR count). The Bertz CT molecular complexity index is 589. The first kappa shape index (κ1) is 16.4. The molecule has 1 unspecified atom stereocenters. The van der Waals surface area contributed by atoms with Crippen LogP contribution in [-0.4, -0.2) is 11.5 Å². The number of rotatable bonds is 6. The molecule has 1 aromatic carbocycles. The molecule has 0 bridgehead atoms. The lowest BCUT2D eigenvalue weighted by atomic mass is 10.0. The summed E-state index contributed by atoms with van der Waals surface area (Å²) in [5.74, 6) is -0.382. The first-order valence-electron chi connectivity index (χ1n) is 6.89. The fraction of sp³-hybridized carbons (Fsp3) is 0.312. The van der Waals surface area contributed by atoms with Gasteiger partial charge in [0.2, 0.25) is 0 Å². The van der Waals surface area contributed by atoms with Gasteiger partial charge in [-0.15, -0.1) is 0 Å². The predicted octanol–water partition coefficient (Wildman–Crippen LogP) is 4.92. The van der Waals surface area contributed by atoms with E-state index in [0.717, 1.165) is 28.7 Å². The normalized spacial score (nSPS) is 12.4. The van der Waals surface area contributed by atoms with E-state index in [1.54, 1.807) is 12.3 Å². The second-order valence-electron chi connectivity index (χ2n) is 4.86.